The topological polar surface area (TPSA) is 0 Å². The minimum atomic E-state index is 1.08. The summed E-state index contributed by atoms with van der Waals surface area (Å²) in [4.78, 5) is 0. The van der Waals surface area contributed by atoms with Crippen molar-refractivity contribution < 1.29 is 0 Å². The van der Waals surface area contributed by atoms with Crippen LogP contribution in [0.2, 0.25) is 0 Å². The van der Waals surface area contributed by atoms with Gasteiger partial charge >= 0.3 is 0 Å². The van der Waals surface area contributed by atoms with Gasteiger partial charge in [-0.3, -0.25) is 0 Å². The summed E-state index contributed by atoms with van der Waals surface area (Å²) in [5.74, 6) is 0. The summed E-state index contributed by atoms with van der Waals surface area (Å²) in [5, 5.41) is 0. The maximum absolute atomic E-state index is 2.31. The van der Waals surface area contributed by atoms with Gasteiger partial charge in [-0.05, 0) is 60.6 Å². The van der Waals surface area contributed by atoms with E-state index in [2.05, 4.69) is 63.3 Å². The van der Waals surface area contributed by atoms with Crippen molar-refractivity contribution in [1.29, 1.82) is 0 Å². The lowest BCUT2D eigenvalue weighted by atomic mass is 9.91. The molecule has 0 amide bonds. The molecule has 0 fully saturated rings. The molecule has 2 aromatic carbocycles. The van der Waals surface area contributed by atoms with Crippen LogP contribution in [0.5, 0.6) is 0 Å². The molecule has 0 radical (unpaired) electrons. The number of rotatable bonds is 1. The first-order valence-corrected chi connectivity index (χ1v) is 6.53. The number of hydrogen-bond acceptors (Lipinski definition) is 0. The van der Waals surface area contributed by atoms with Crippen LogP contribution in [0.3, 0.4) is 0 Å². The Labute approximate surface area is 109 Å². The highest BCUT2D eigenvalue weighted by molar-refractivity contribution is 5.81. The summed E-state index contributed by atoms with van der Waals surface area (Å²) in [5.41, 5.74) is 9.74. The van der Waals surface area contributed by atoms with Gasteiger partial charge in [-0.15, -0.1) is 0 Å². The highest BCUT2D eigenvalue weighted by Gasteiger charge is 2.13. The van der Waals surface area contributed by atoms with Gasteiger partial charge in [-0.2, -0.15) is 0 Å². The van der Waals surface area contributed by atoms with Crippen LogP contribution in [0.4, 0.5) is 0 Å². The van der Waals surface area contributed by atoms with Crippen molar-refractivity contribution in [1.82, 2.24) is 0 Å². The predicted octanol–water partition coefficient (Wildman–Crippen LogP) is 4.85. The molecule has 0 bridgehead atoms. The smallest absolute Gasteiger partial charge is 0.00879 e. The third kappa shape index (κ3) is 1.69. The van der Waals surface area contributed by atoms with Gasteiger partial charge in [0.2, 0.25) is 0 Å². The lowest BCUT2D eigenvalue weighted by Crippen LogP contribution is -1.93. The maximum Gasteiger partial charge on any atom is -0.00879 e. The molecule has 0 saturated carbocycles. The van der Waals surface area contributed by atoms with Crippen LogP contribution in [0.1, 0.15) is 27.8 Å². The number of hydrogen-bond donors (Lipinski definition) is 0. The second-order valence-corrected chi connectivity index (χ2v) is 5.24. The van der Waals surface area contributed by atoms with Crippen molar-refractivity contribution >= 4 is 6.08 Å². The number of benzene rings is 2. The van der Waals surface area contributed by atoms with Gasteiger partial charge in [-0.25, -0.2) is 0 Å². The van der Waals surface area contributed by atoms with Gasteiger partial charge in [0, 0.05) is 0 Å². The summed E-state index contributed by atoms with van der Waals surface area (Å²) >= 11 is 0. The molecule has 18 heavy (non-hydrogen) atoms. The first-order chi connectivity index (χ1) is 8.66. The van der Waals surface area contributed by atoms with Gasteiger partial charge in [0.1, 0.15) is 0 Å². The van der Waals surface area contributed by atoms with E-state index in [1.54, 1.807) is 0 Å². The van der Waals surface area contributed by atoms with E-state index in [1.165, 1.54) is 38.9 Å². The summed E-state index contributed by atoms with van der Waals surface area (Å²) in [6.07, 6.45) is 5.60. The highest BCUT2D eigenvalue weighted by atomic mass is 14.2. The fraction of sp³-hybridized carbons (Fsp3) is 0.222. The Bertz CT molecular complexity index is 645. The summed E-state index contributed by atoms with van der Waals surface area (Å²) < 4.78 is 0. The Morgan fingerprint density at radius 1 is 0.944 bits per heavy atom. The molecule has 0 nitrogen and oxygen atoms in total. The Kier molecular flexibility index (Phi) is 2.59. The minimum Gasteiger partial charge on any atom is -0.0795 e. The van der Waals surface area contributed by atoms with Crippen LogP contribution in [0.15, 0.2) is 36.4 Å². The second kappa shape index (κ2) is 4.13. The van der Waals surface area contributed by atoms with Crippen LogP contribution < -0.4 is 0 Å². The van der Waals surface area contributed by atoms with E-state index in [4.69, 9.17) is 0 Å². The van der Waals surface area contributed by atoms with E-state index in [-0.39, 0.29) is 0 Å². The Hall–Kier alpha value is -1.82. The number of allylic oxidation sites excluding steroid dienone is 1. The van der Waals surface area contributed by atoms with Crippen molar-refractivity contribution in [2.45, 2.75) is 27.2 Å². The van der Waals surface area contributed by atoms with Crippen LogP contribution in [-0.4, -0.2) is 0 Å². The third-order valence-corrected chi connectivity index (χ3v) is 3.92. The molecule has 90 valence electrons. The molecule has 0 saturated heterocycles. The monoisotopic (exact) mass is 234 g/mol. The fourth-order valence-electron chi connectivity index (χ4n) is 2.85. The molecule has 0 spiro atoms. The molecule has 1 aliphatic carbocycles. The molecule has 2 aromatic rings. The van der Waals surface area contributed by atoms with E-state index < -0.39 is 0 Å². The maximum atomic E-state index is 2.31. The molecule has 1 aliphatic rings. The molecule has 0 unspecified atom stereocenters. The highest BCUT2D eigenvalue weighted by Crippen LogP contribution is 2.34. The van der Waals surface area contributed by atoms with E-state index in [0.29, 0.717) is 0 Å². The SMILES string of the molecule is Cc1cc(C)c(C)c(-c2cccc3c2C=CC3)c1. The molecule has 0 N–H and O–H groups in total. The Balaban J connectivity index is 2.28. The molecule has 0 aromatic heterocycles. The van der Waals surface area contributed by atoms with E-state index in [1.807, 2.05) is 0 Å². The van der Waals surface area contributed by atoms with Gasteiger partial charge in [0.05, 0.1) is 0 Å². The normalized spacial score (nSPS) is 12.8. The van der Waals surface area contributed by atoms with Crippen LogP contribution in [-0.2, 0) is 6.42 Å². The lowest BCUT2D eigenvalue weighted by Gasteiger charge is -2.14. The van der Waals surface area contributed by atoms with E-state index >= 15 is 0 Å². The van der Waals surface area contributed by atoms with Crippen LogP contribution >= 0.6 is 0 Å². The fourth-order valence-corrected chi connectivity index (χ4v) is 2.85. The van der Waals surface area contributed by atoms with Gasteiger partial charge < -0.3 is 0 Å². The molecule has 0 heteroatoms. The molecule has 0 atom stereocenters. The molecule has 3 rings (SSSR count). The second-order valence-electron chi connectivity index (χ2n) is 5.24. The van der Waals surface area contributed by atoms with Crippen LogP contribution in [0, 0.1) is 20.8 Å². The third-order valence-electron chi connectivity index (χ3n) is 3.92. The quantitative estimate of drug-likeness (QED) is 0.661. The number of fused-ring (bicyclic) bond motifs is 1. The molecule has 0 aliphatic heterocycles. The summed E-state index contributed by atoms with van der Waals surface area (Å²) in [6.45, 7) is 6.60. The van der Waals surface area contributed by atoms with Crippen molar-refractivity contribution in [3.63, 3.8) is 0 Å². The van der Waals surface area contributed by atoms with Crippen molar-refractivity contribution in [2.24, 2.45) is 0 Å². The Morgan fingerprint density at radius 2 is 1.78 bits per heavy atom. The van der Waals surface area contributed by atoms with Crippen LogP contribution in [0.25, 0.3) is 17.2 Å². The predicted molar refractivity (Wildman–Crippen MR) is 78.8 cm³/mol. The zero-order valence-electron chi connectivity index (χ0n) is 11.2. The first-order valence-electron chi connectivity index (χ1n) is 6.53. The molecule has 0 heterocycles. The minimum absolute atomic E-state index is 1.08. The van der Waals surface area contributed by atoms with Gasteiger partial charge in [-0.1, -0.05) is 48.0 Å². The van der Waals surface area contributed by atoms with Crippen molar-refractivity contribution in [3.8, 4) is 11.1 Å². The first kappa shape index (κ1) is 11.3. The molecular formula is C18H18. The number of aryl methyl sites for hydroxylation is 2. The molecular weight excluding hydrogens is 216 g/mol. The summed E-state index contributed by atoms with van der Waals surface area (Å²) in [6, 6.07) is 11.2. The lowest BCUT2D eigenvalue weighted by molar-refractivity contribution is 1.28. The van der Waals surface area contributed by atoms with Gasteiger partial charge in [0.15, 0.2) is 0 Å². The van der Waals surface area contributed by atoms with E-state index in [0.717, 1.165) is 6.42 Å². The Morgan fingerprint density at radius 3 is 2.61 bits per heavy atom. The zero-order chi connectivity index (χ0) is 12.7. The summed E-state index contributed by atoms with van der Waals surface area (Å²) in [7, 11) is 0. The average Bonchev–Trinajstić information content (AvgIpc) is 2.81. The largest absolute Gasteiger partial charge is 0.0795 e. The average molecular weight is 234 g/mol. The van der Waals surface area contributed by atoms with Crippen molar-refractivity contribution in [3.05, 3.63) is 64.2 Å². The van der Waals surface area contributed by atoms with E-state index in [9.17, 15) is 0 Å². The van der Waals surface area contributed by atoms with Crippen molar-refractivity contribution in [2.75, 3.05) is 0 Å². The standard InChI is InChI=1S/C18H18/c1-12-10-13(2)14(3)18(11-12)17-9-5-7-15-6-4-8-16(15)17/h4-5,7-11H,6H2,1-3H3. The van der Waals surface area contributed by atoms with Gasteiger partial charge in [0.25, 0.3) is 0 Å². The zero-order valence-corrected chi connectivity index (χ0v) is 11.2.